The second-order valence-electron chi connectivity index (χ2n) is 4.64. The second kappa shape index (κ2) is 4.78. The Kier molecular flexibility index (Phi) is 3.40. The van der Waals surface area contributed by atoms with Crippen molar-refractivity contribution in [2.45, 2.75) is 58.8 Å². The van der Waals surface area contributed by atoms with E-state index in [4.69, 9.17) is 0 Å². The fourth-order valence-corrected chi connectivity index (χ4v) is 2.57. The Morgan fingerprint density at radius 2 is 1.93 bits per heavy atom. The molecule has 1 heterocycles. The molecule has 0 N–H and O–H groups in total. The van der Waals surface area contributed by atoms with Crippen LogP contribution in [0.5, 0.6) is 0 Å². The van der Waals surface area contributed by atoms with Crippen molar-refractivity contribution in [1.29, 1.82) is 0 Å². The zero-order valence-corrected chi connectivity index (χ0v) is 9.97. The quantitative estimate of drug-likeness (QED) is 0.731. The Morgan fingerprint density at radius 3 is 2.67 bits per heavy atom. The van der Waals surface area contributed by atoms with Gasteiger partial charge in [-0.1, -0.05) is 13.3 Å². The number of hydrogen-bond acceptors (Lipinski definition) is 1. The van der Waals surface area contributed by atoms with E-state index in [0.29, 0.717) is 0 Å². The molecular weight excluding hydrogens is 182 g/mol. The van der Waals surface area contributed by atoms with Gasteiger partial charge in [0.15, 0.2) is 0 Å². The minimum absolute atomic E-state index is 1.23. The Morgan fingerprint density at radius 1 is 1.20 bits per heavy atom. The lowest BCUT2D eigenvalue weighted by molar-refractivity contribution is 0.662. The lowest BCUT2D eigenvalue weighted by atomic mass is 9.87. The molecular formula is C14H21N. The van der Waals surface area contributed by atoms with Crippen molar-refractivity contribution in [3.8, 4) is 0 Å². The predicted octanol–water partition coefficient (Wildman–Crippen LogP) is 3.61. The largest absolute Gasteiger partial charge is 0.261 e. The van der Waals surface area contributed by atoms with Gasteiger partial charge >= 0.3 is 0 Å². The zero-order chi connectivity index (χ0) is 10.7. The van der Waals surface area contributed by atoms with Crippen LogP contribution < -0.4 is 0 Å². The Bertz CT molecular complexity index is 341. The number of rotatable bonds is 3. The number of unbranched alkanes of at least 4 members (excludes halogenated alkanes) is 1. The number of hydrogen-bond donors (Lipinski definition) is 0. The molecule has 15 heavy (non-hydrogen) atoms. The topological polar surface area (TPSA) is 12.9 Å². The SMILES string of the molecule is CCCCc1cnc(C)c2c1CCCC2. The van der Waals surface area contributed by atoms with Gasteiger partial charge in [-0.2, -0.15) is 0 Å². The van der Waals surface area contributed by atoms with Gasteiger partial charge in [0.2, 0.25) is 0 Å². The van der Waals surface area contributed by atoms with E-state index in [0.717, 1.165) is 0 Å². The van der Waals surface area contributed by atoms with Crippen LogP contribution in [0.2, 0.25) is 0 Å². The van der Waals surface area contributed by atoms with E-state index in [2.05, 4.69) is 25.0 Å². The molecule has 0 fully saturated rings. The van der Waals surface area contributed by atoms with Gasteiger partial charge in [0.1, 0.15) is 0 Å². The summed E-state index contributed by atoms with van der Waals surface area (Å²) in [5.41, 5.74) is 6.00. The molecule has 0 unspecified atom stereocenters. The van der Waals surface area contributed by atoms with Crippen LogP contribution in [0.15, 0.2) is 6.20 Å². The molecule has 0 aromatic carbocycles. The van der Waals surface area contributed by atoms with E-state index >= 15 is 0 Å². The minimum Gasteiger partial charge on any atom is -0.261 e. The zero-order valence-electron chi connectivity index (χ0n) is 9.97. The molecule has 1 nitrogen and oxygen atoms in total. The van der Waals surface area contributed by atoms with Crippen LogP contribution in [-0.2, 0) is 19.3 Å². The van der Waals surface area contributed by atoms with Gasteiger partial charge in [0.05, 0.1) is 0 Å². The standard InChI is InChI=1S/C14H21N/c1-3-4-7-12-10-15-11(2)13-8-5-6-9-14(12)13/h10H,3-9H2,1-2H3. The van der Waals surface area contributed by atoms with Gasteiger partial charge in [0.25, 0.3) is 0 Å². The smallest absolute Gasteiger partial charge is 0.0407 e. The molecule has 2 rings (SSSR count). The van der Waals surface area contributed by atoms with Gasteiger partial charge in [0, 0.05) is 11.9 Å². The first-order valence-electron chi connectivity index (χ1n) is 6.29. The monoisotopic (exact) mass is 203 g/mol. The van der Waals surface area contributed by atoms with Crippen LogP contribution in [0.1, 0.15) is 55.0 Å². The van der Waals surface area contributed by atoms with E-state index in [-0.39, 0.29) is 0 Å². The Balaban J connectivity index is 2.30. The summed E-state index contributed by atoms with van der Waals surface area (Å²) >= 11 is 0. The lowest BCUT2D eigenvalue weighted by Gasteiger charge is -2.20. The summed E-state index contributed by atoms with van der Waals surface area (Å²) in [6.45, 7) is 4.42. The second-order valence-corrected chi connectivity index (χ2v) is 4.64. The maximum absolute atomic E-state index is 4.55. The third-order valence-electron chi connectivity index (χ3n) is 3.51. The molecule has 0 aliphatic heterocycles. The van der Waals surface area contributed by atoms with Crippen LogP contribution in [0.4, 0.5) is 0 Å². The molecule has 0 spiro atoms. The van der Waals surface area contributed by atoms with E-state index in [1.54, 1.807) is 11.1 Å². The fraction of sp³-hybridized carbons (Fsp3) is 0.643. The molecule has 1 aliphatic carbocycles. The van der Waals surface area contributed by atoms with Crippen LogP contribution in [0.25, 0.3) is 0 Å². The highest BCUT2D eigenvalue weighted by Crippen LogP contribution is 2.26. The number of aromatic nitrogens is 1. The maximum Gasteiger partial charge on any atom is 0.0407 e. The summed E-state index contributed by atoms with van der Waals surface area (Å²) in [6, 6.07) is 0. The van der Waals surface area contributed by atoms with Crippen molar-refractivity contribution in [2.24, 2.45) is 0 Å². The highest BCUT2D eigenvalue weighted by Gasteiger charge is 2.15. The molecule has 0 amide bonds. The number of pyridine rings is 1. The predicted molar refractivity (Wildman–Crippen MR) is 64.2 cm³/mol. The van der Waals surface area contributed by atoms with Crippen molar-refractivity contribution in [3.63, 3.8) is 0 Å². The summed E-state index contributed by atoms with van der Waals surface area (Å²) in [7, 11) is 0. The summed E-state index contributed by atoms with van der Waals surface area (Å²) in [5.74, 6) is 0. The average molecular weight is 203 g/mol. The highest BCUT2D eigenvalue weighted by atomic mass is 14.7. The van der Waals surface area contributed by atoms with Crippen molar-refractivity contribution < 1.29 is 0 Å². The van der Waals surface area contributed by atoms with Gasteiger partial charge in [-0.05, 0) is 62.1 Å². The molecule has 0 atom stereocenters. The Hall–Kier alpha value is -0.850. The first kappa shape index (κ1) is 10.7. The van der Waals surface area contributed by atoms with Gasteiger partial charge in [-0.3, -0.25) is 4.98 Å². The van der Waals surface area contributed by atoms with Crippen LogP contribution >= 0.6 is 0 Å². The molecule has 0 bridgehead atoms. The third-order valence-corrected chi connectivity index (χ3v) is 3.51. The van der Waals surface area contributed by atoms with Crippen molar-refractivity contribution in [3.05, 3.63) is 28.6 Å². The first-order valence-corrected chi connectivity index (χ1v) is 6.29. The van der Waals surface area contributed by atoms with Gasteiger partial charge in [-0.25, -0.2) is 0 Å². The minimum atomic E-state index is 1.23. The molecule has 0 radical (unpaired) electrons. The number of aryl methyl sites for hydroxylation is 2. The van der Waals surface area contributed by atoms with Gasteiger partial charge in [-0.15, -0.1) is 0 Å². The van der Waals surface area contributed by atoms with Crippen LogP contribution in [-0.4, -0.2) is 4.98 Å². The maximum atomic E-state index is 4.55. The average Bonchev–Trinajstić information content (AvgIpc) is 2.29. The number of nitrogens with zero attached hydrogens (tertiary/aromatic N) is 1. The van der Waals surface area contributed by atoms with Crippen LogP contribution in [0, 0.1) is 6.92 Å². The van der Waals surface area contributed by atoms with Gasteiger partial charge < -0.3 is 0 Å². The Labute approximate surface area is 92.9 Å². The van der Waals surface area contributed by atoms with E-state index in [1.807, 2.05) is 0 Å². The van der Waals surface area contributed by atoms with Crippen molar-refractivity contribution in [1.82, 2.24) is 4.98 Å². The molecule has 0 saturated carbocycles. The third kappa shape index (κ3) is 2.22. The molecule has 82 valence electrons. The first-order chi connectivity index (χ1) is 7.33. The van der Waals surface area contributed by atoms with E-state index in [9.17, 15) is 0 Å². The van der Waals surface area contributed by atoms with E-state index < -0.39 is 0 Å². The van der Waals surface area contributed by atoms with E-state index in [1.165, 1.54) is 56.2 Å². The summed E-state index contributed by atoms with van der Waals surface area (Å²) in [6.07, 6.45) is 11.2. The lowest BCUT2D eigenvalue weighted by Crippen LogP contribution is -2.10. The highest BCUT2D eigenvalue weighted by molar-refractivity contribution is 5.38. The molecule has 1 aliphatic rings. The summed E-state index contributed by atoms with van der Waals surface area (Å²) in [4.78, 5) is 4.55. The summed E-state index contributed by atoms with van der Waals surface area (Å²) in [5, 5.41) is 0. The molecule has 1 aromatic rings. The molecule has 0 saturated heterocycles. The van der Waals surface area contributed by atoms with Crippen molar-refractivity contribution in [2.75, 3.05) is 0 Å². The summed E-state index contributed by atoms with van der Waals surface area (Å²) < 4.78 is 0. The number of fused-ring (bicyclic) bond motifs is 1. The van der Waals surface area contributed by atoms with Crippen LogP contribution in [0.3, 0.4) is 0 Å². The molecule has 1 heteroatoms. The molecule has 1 aromatic heterocycles. The van der Waals surface area contributed by atoms with Crippen molar-refractivity contribution >= 4 is 0 Å². The fourth-order valence-electron chi connectivity index (χ4n) is 2.57. The normalized spacial score (nSPS) is 15.1.